The normalized spacial score (nSPS) is 10.8. The Hall–Kier alpha value is -2.24. The molecule has 3 rings (SSSR count). The van der Waals surface area contributed by atoms with Crippen molar-refractivity contribution in [2.24, 2.45) is 7.05 Å². The number of hydrogen-bond donors (Lipinski definition) is 1. The molecule has 0 aliphatic rings. The molecule has 0 saturated heterocycles. The lowest BCUT2D eigenvalue weighted by Crippen LogP contribution is -2.24. The van der Waals surface area contributed by atoms with Gasteiger partial charge in [-0.05, 0) is 23.8 Å². The Morgan fingerprint density at radius 1 is 1.16 bits per heavy atom. The Morgan fingerprint density at radius 2 is 1.96 bits per heavy atom. The fourth-order valence-electron chi connectivity index (χ4n) is 2.54. The highest BCUT2D eigenvalue weighted by Gasteiger charge is 2.09. The van der Waals surface area contributed by atoms with E-state index < -0.39 is 0 Å². The number of halogens is 1. The molecule has 0 atom stereocenters. The largest absolute Gasteiger partial charge is 0.351 e. The zero-order valence-electron chi connectivity index (χ0n) is 13.7. The molecule has 0 spiro atoms. The Bertz CT molecular complexity index is 985. The molecule has 128 valence electrons. The number of fused-ring (bicyclic) bond motifs is 1. The van der Waals surface area contributed by atoms with E-state index in [0.29, 0.717) is 11.6 Å². The molecule has 1 aromatic heterocycles. The van der Waals surface area contributed by atoms with E-state index >= 15 is 0 Å². The van der Waals surface area contributed by atoms with Crippen molar-refractivity contribution >= 4 is 40.2 Å². The van der Waals surface area contributed by atoms with Gasteiger partial charge in [0.2, 0.25) is 5.91 Å². The summed E-state index contributed by atoms with van der Waals surface area (Å²) in [6, 6.07) is 16.6. The summed E-state index contributed by atoms with van der Waals surface area (Å²) in [5, 5.41) is 4.48. The number of carbonyl (C=O) groups excluding carboxylic acids is 1. The number of hydrogen-bond acceptors (Lipinski definition) is 3. The summed E-state index contributed by atoms with van der Waals surface area (Å²) in [6.07, 6.45) is 0. The first-order chi connectivity index (χ1) is 12.0. The average Bonchev–Trinajstić information content (AvgIpc) is 2.62. The summed E-state index contributed by atoms with van der Waals surface area (Å²) < 4.78 is 1.61. The average molecular weight is 373 g/mol. The third-order valence-electron chi connectivity index (χ3n) is 3.85. The Kier molecular flexibility index (Phi) is 5.46. The van der Waals surface area contributed by atoms with Crippen molar-refractivity contribution < 1.29 is 4.79 Å². The van der Waals surface area contributed by atoms with Gasteiger partial charge in [-0.2, -0.15) is 0 Å². The highest BCUT2D eigenvalue weighted by atomic mass is 35.5. The summed E-state index contributed by atoms with van der Waals surface area (Å²) >= 11 is 7.30. The second kappa shape index (κ2) is 7.76. The predicted molar refractivity (Wildman–Crippen MR) is 103 cm³/mol. The van der Waals surface area contributed by atoms with E-state index in [0.717, 1.165) is 21.4 Å². The minimum Gasteiger partial charge on any atom is -0.351 e. The van der Waals surface area contributed by atoms with E-state index in [-0.39, 0.29) is 17.2 Å². The highest BCUT2D eigenvalue weighted by molar-refractivity contribution is 8.00. The lowest BCUT2D eigenvalue weighted by molar-refractivity contribution is -0.118. The standard InChI is InChI=1S/C19H17ClN2O2S/c1-22-16-8-3-2-7-15(16)17(10-19(22)24)25-12-18(23)21-11-13-5-4-6-14(20)9-13/h2-10H,11-12H2,1H3,(H,21,23). The van der Waals surface area contributed by atoms with E-state index in [4.69, 9.17) is 11.6 Å². The summed E-state index contributed by atoms with van der Waals surface area (Å²) in [5.74, 6) is 0.160. The lowest BCUT2D eigenvalue weighted by Gasteiger charge is -2.10. The number of pyridine rings is 1. The lowest BCUT2D eigenvalue weighted by atomic mass is 10.2. The number of aromatic nitrogens is 1. The molecule has 2 aromatic carbocycles. The van der Waals surface area contributed by atoms with Crippen LogP contribution >= 0.6 is 23.4 Å². The van der Waals surface area contributed by atoms with Gasteiger partial charge in [0.25, 0.3) is 5.56 Å². The van der Waals surface area contributed by atoms with Crippen molar-refractivity contribution in [1.29, 1.82) is 0 Å². The first-order valence-corrected chi connectivity index (χ1v) is 9.13. The summed E-state index contributed by atoms with van der Waals surface area (Å²) in [4.78, 5) is 25.0. The number of rotatable bonds is 5. The maximum absolute atomic E-state index is 12.1. The van der Waals surface area contributed by atoms with Gasteiger partial charge in [-0.15, -0.1) is 11.8 Å². The fraction of sp³-hybridized carbons (Fsp3) is 0.158. The van der Waals surface area contributed by atoms with E-state index in [2.05, 4.69) is 5.32 Å². The predicted octanol–water partition coefficient (Wildman–Crippen LogP) is 3.60. The number of aryl methyl sites for hydroxylation is 1. The smallest absolute Gasteiger partial charge is 0.251 e. The third-order valence-corrected chi connectivity index (χ3v) is 5.14. The molecule has 0 saturated carbocycles. The van der Waals surface area contributed by atoms with Gasteiger partial charge in [0, 0.05) is 35.0 Å². The molecule has 3 aromatic rings. The highest BCUT2D eigenvalue weighted by Crippen LogP contribution is 2.25. The quantitative estimate of drug-likeness (QED) is 0.696. The first kappa shape index (κ1) is 17.6. The monoisotopic (exact) mass is 372 g/mol. The van der Waals surface area contributed by atoms with Gasteiger partial charge in [0.1, 0.15) is 0 Å². The van der Waals surface area contributed by atoms with E-state index in [1.165, 1.54) is 11.8 Å². The van der Waals surface area contributed by atoms with Crippen LogP contribution in [0.2, 0.25) is 5.02 Å². The Labute approximate surface area is 154 Å². The van der Waals surface area contributed by atoms with Crippen LogP contribution in [0.3, 0.4) is 0 Å². The number of nitrogens with one attached hydrogen (secondary N) is 1. The van der Waals surface area contributed by atoms with Crippen molar-refractivity contribution in [2.45, 2.75) is 11.4 Å². The number of thioether (sulfide) groups is 1. The number of nitrogens with zero attached hydrogens (tertiary/aromatic N) is 1. The van der Waals surface area contributed by atoms with Gasteiger partial charge >= 0.3 is 0 Å². The number of carbonyl (C=O) groups is 1. The summed E-state index contributed by atoms with van der Waals surface area (Å²) in [6.45, 7) is 0.428. The van der Waals surface area contributed by atoms with Crippen LogP contribution in [0.25, 0.3) is 10.9 Å². The first-order valence-electron chi connectivity index (χ1n) is 7.77. The second-order valence-corrected chi connectivity index (χ2v) is 7.07. The van der Waals surface area contributed by atoms with Crippen LogP contribution in [0.15, 0.2) is 64.3 Å². The Morgan fingerprint density at radius 3 is 2.76 bits per heavy atom. The number of amides is 1. The minimum atomic E-state index is -0.0882. The Balaban J connectivity index is 1.67. The zero-order chi connectivity index (χ0) is 17.8. The van der Waals surface area contributed by atoms with Gasteiger partial charge in [-0.1, -0.05) is 41.9 Å². The van der Waals surface area contributed by atoms with Gasteiger partial charge < -0.3 is 9.88 Å². The molecule has 6 heteroatoms. The minimum absolute atomic E-state index is 0.0828. The molecule has 4 nitrogen and oxygen atoms in total. The van der Waals surface area contributed by atoms with Crippen LogP contribution in [0.5, 0.6) is 0 Å². The third kappa shape index (κ3) is 4.24. The summed E-state index contributed by atoms with van der Waals surface area (Å²) in [5.41, 5.74) is 1.72. The van der Waals surface area contributed by atoms with Gasteiger partial charge in [-0.25, -0.2) is 0 Å². The van der Waals surface area contributed by atoms with Gasteiger partial charge in [-0.3, -0.25) is 9.59 Å². The van der Waals surface area contributed by atoms with Crippen LogP contribution in [0.4, 0.5) is 0 Å². The van der Waals surface area contributed by atoms with Crippen LogP contribution in [0, 0.1) is 0 Å². The van der Waals surface area contributed by atoms with Crippen molar-refractivity contribution in [3.05, 3.63) is 75.5 Å². The maximum atomic E-state index is 12.1. The number of para-hydroxylation sites is 1. The van der Waals surface area contributed by atoms with E-state index in [9.17, 15) is 9.59 Å². The SMILES string of the molecule is Cn1c(=O)cc(SCC(=O)NCc2cccc(Cl)c2)c2ccccc21. The molecular weight excluding hydrogens is 356 g/mol. The molecule has 1 heterocycles. The number of benzene rings is 2. The topological polar surface area (TPSA) is 51.1 Å². The van der Waals surface area contributed by atoms with Crippen LogP contribution in [0.1, 0.15) is 5.56 Å². The molecular formula is C19H17ClN2O2S. The van der Waals surface area contributed by atoms with Crippen molar-refractivity contribution in [1.82, 2.24) is 9.88 Å². The zero-order valence-corrected chi connectivity index (χ0v) is 15.2. The van der Waals surface area contributed by atoms with Crippen molar-refractivity contribution in [3.8, 4) is 0 Å². The van der Waals surface area contributed by atoms with Crippen LogP contribution < -0.4 is 10.9 Å². The molecule has 0 fully saturated rings. The molecule has 1 amide bonds. The molecule has 0 radical (unpaired) electrons. The molecule has 0 aliphatic heterocycles. The summed E-state index contributed by atoms with van der Waals surface area (Å²) in [7, 11) is 1.75. The molecule has 25 heavy (non-hydrogen) atoms. The van der Waals surface area contributed by atoms with E-state index in [1.807, 2.05) is 42.5 Å². The van der Waals surface area contributed by atoms with Gasteiger partial charge in [0.05, 0.1) is 11.3 Å². The van der Waals surface area contributed by atoms with Crippen molar-refractivity contribution in [2.75, 3.05) is 5.75 Å². The van der Waals surface area contributed by atoms with Crippen molar-refractivity contribution in [3.63, 3.8) is 0 Å². The van der Waals surface area contributed by atoms with Gasteiger partial charge in [0.15, 0.2) is 0 Å². The van der Waals surface area contributed by atoms with Crippen LogP contribution in [-0.2, 0) is 18.4 Å². The molecule has 0 aliphatic carbocycles. The molecule has 0 bridgehead atoms. The fourth-order valence-corrected chi connectivity index (χ4v) is 3.66. The maximum Gasteiger partial charge on any atom is 0.251 e. The van der Waals surface area contributed by atoms with Crippen LogP contribution in [-0.4, -0.2) is 16.2 Å². The second-order valence-electron chi connectivity index (χ2n) is 5.62. The molecule has 1 N–H and O–H groups in total. The molecule has 0 unspecified atom stereocenters. The van der Waals surface area contributed by atoms with E-state index in [1.54, 1.807) is 23.7 Å².